The Kier molecular flexibility index (Phi) is 3.53. The van der Waals surface area contributed by atoms with E-state index in [1.807, 2.05) is 6.07 Å². The molecule has 2 saturated carbocycles. The Hall–Kier alpha value is 0.0400. The van der Waals surface area contributed by atoms with Crippen molar-refractivity contribution in [1.29, 1.82) is 0 Å². The number of fused-ring (bicyclic) bond motifs is 2. The molecular formula is C14H17ClIN. The second-order valence-corrected chi connectivity index (χ2v) is 7.09. The number of hydrogen-bond acceptors (Lipinski definition) is 1. The Morgan fingerprint density at radius 2 is 2.18 bits per heavy atom. The van der Waals surface area contributed by atoms with Gasteiger partial charge in [-0.2, -0.15) is 0 Å². The highest BCUT2D eigenvalue weighted by Crippen LogP contribution is 2.48. The van der Waals surface area contributed by atoms with Gasteiger partial charge in [-0.1, -0.05) is 18.0 Å². The van der Waals surface area contributed by atoms with E-state index in [-0.39, 0.29) is 0 Å². The maximum Gasteiger partial charge on any atom is 0.0648 e. The van der Waals surface area contributed by atoms with Gasteiger partial charge in [-0.05, 0) is 77.8 Å². The predicted molar refractivity (Wildman–Crippen MR) is 81.6 cm³/mol. The Bertz CT molecular complexity index is 421. The zero-order valence-electron chi connectivity index (χ0n) is 9.76. The first-order valence-corrected chi connectivity index (χ1v) is 7.87. The third-order valence-electron chi connectivity index (χ3n) is 4.37. The summed E-state index contributed by atoms with van der Waals surface area (Å²) in [6, 6.07) is 6.22. The van der Waals surface area contributed by atoms with Crippen molar-refractivity contribution in [1.82, 2.24) is 0 Å². The smallest absolute Gasteiger partial charge is 0.0648 e. The second-order valence-electron chi connectivity index (χ2n) is 5.44. The van der Waals surface area contributed by atoms with Crippen LogP contribution in [0.4, 0.5) is 5.69 Å². The van der Waals surface area contributed by atoms with Gasteiger partial charge in [0, 0.05) is 10.1 Å². The number of hydrogen-bond donors (Lipinski definition) is 1. The van der Waals surface area contributed by atoms with Gasteiger partial charge in [0.15, 0.2) is 0 Å². The molecule has 0 aliphatic heterocycles. The van der Waals surface area contributed by atoms with Gasteiger partial charge in [-0.25, -0.2) is 0 Å². The van der Waals surface area contributed by atoms with Crippen LogP contribution in [0.5, 0.6) is 0 Å². The minimum Gasteiger partial charge on any atom is -0.384 e. The van der Waals surface area contributed by atoms with Gasteiger partial charge in [-0.15, -0.1) is 0 Å². The molecule has 1 aromatic rings. The Morgan fingerprint density at radius 1 is 1.29 bits per heavy atom. The van der Waals surface area contributed by atoms with E-state index in [9.17, 15) is 0 Å². The summed E-state index contributed by atoms with van der Waals surface area (Å²) in [7, 11) is 0. The van der Waals surface area contributed by atoms with Gasteiger partial charge >= 0.3 is 0 Å². The third-order valence-corrected chi connectivity index (χ3v) is 5.35. The fourth-order valence-corrected chi connectivity index (χ4v) is 4.42. The van der Waals surface area contributed by atoms with Gasteiger partial charge in [0.1, 0.15) is 0 Å². The van der Waals surface area contributed by atoms with Crippen molar-refractivity contribution in [3.63, 3.8) is 0 Å². The Labute approximate surface area is 121 Å². The Morgan fingerprint density at radius 3 is 2.82 bits per heavy atom. The van der Waals surface area contributed by atoms with E-state index < -0.39 is 0 Å². The molecule has 0 spiro atoms. The molecule has 1 nitrogen and oxygen atoms in total. The summed E-state index contributed by atoms with van der Waals surface area (Å²) in [5, 5.41) is 4.38. The lowest BCUT2D eigenvalue weighted by molar-refractivity contribution is 0.348. The number of halogens is 2. The zero-order chi connectivity index (χ0) is 11.8. The van der Waals surface area contributed by atoms with E-state index in [4.69, 9.17) is 11.6 Å². The molecule has 3 rings (SSSR count). The molecule has 17 heavy (non-hydrogen) atoms. The standard InChI is InChI=1S/C14H17ClIN/c15-13-7-12(16)3-4-14(13)17-8-11-6-9-1-2-10(11)5-9/h3-4,7,9-11,17H,1-2,5-6,8H2. The summed E-state index contributed by atoms with van der Waals surface area (Å²) in [5.74, 6) is 2.89. The van der Waals surface area contributed by atoms with E-state index in [1.54, 1.807) is 0 Å². The van der Waals surface area contributed by atoms with Gasteiger partial charge in [0.25, 0.3) is 0 Å². The van der Waals surface area contributed by atoms with E-state index in [1.165, 1.54) is 29.3 Å². The van der Waals surface area contributed by atoms with Crippen molar-refractivity contribution in [2.75, 3.05) is 11.9 Å². The molecule has 0 saturated heterocycles. The average Bonchev–Trinajstić information content (AvgIpc) is 2.89. The molecule has 0 amide bonds. The highest BCUT2D eigenvalue weighted by atomic mass is 127. The quantitative estimate of drug-likeness (QED) is 0.763. The first kappa shape index (κ1) is 12.1. The van der Waals surface area contributed by atoms with Gasteiger partial charge < -0.3 is 5.32 Å². The van der Waals surface area contributed by atoms with E-state index in [0.29, 0.717) is 0 Å². The number of nitrogens with one attached hydrogen (secondary N) is 1. The maximum atomic E-state index is 6.23. The summed E-state index contributed by atoms with van der Waals surface area (Å²) >= 11 is 8.52. The highest BCUT2D eigenvalue weighted by Gasteiger charge is 2.39. The first-order chi connectivity index (χ1) is 8.22. The van der Waals surface area contributed by atoms with Crippen LogP contribution in [-0.4, -0.2) is 6.54 Å². The minimum atomic E-state index is 0.847. The van der Waals surface area contributed by atoms with Crippen LogP contribution in [0.15, 0.2) is 18.2 Å². The van der Waals surface area contributed by atoms with Crippen LogP contribution in [0.3, 0.4) is 0 Å². The minimum absolute atomic E-state index is 0.847. The van der Waals surface area contributed by atoms with Crippen molar-refractivity contribution in [3.8, 4) is 0 Å². The lowest BCUT2D eigenvalue weighted by Gasteiger charge is -2.22. The van der Waals surface area contributed by atoms with Gasteiger partial charge in [-0.3, -0.25) is 0 Å². The van der Waals surface area contributed by atoms with Crippen LogP contribution in [0.2, 0.25) is 5.02 Å². The lowest BCUT2D eigenvalue weighted by Crippen LogP contribution is -2.20. The molecule has 0 radical (unpaired) electrons. The fraction of sp³-hybridized carbons (Fsp3) is 0.571. The van der Waals surface area contributed by atoms with E-state index in [2.05, 4.69) is 40.0 Å². The molecule has 1 N–H and O–H groups in total. The van der Waals surface area contributed by atoms with Gasteiger partial charge in [0.2, 0.25) is 0 Å². The van der Waals surface area contributed by atoms with Crippen LogP contribution in [0, 0.1) is 21.3 Å². The molecule has 2 aliphatic rings. The number of benzene rings is 1. The van der Waals surface area contributed by atoms with Crippen LogP contribution in [0.25, 0.3) is 0 Å². The monoisotopic (exact) mass is 361 g/mol. The summed E-state index contributed by atoms with van der Waals surface area (Å²) in [6.45, 7) is 1.10. The molecule has 2 bridgehead atoms. The summed E-state index contributed by atoms with van der Waals surface area (Å²) in [6.07, 6.45) is 5.84. The Balaban J connectivity index is 1.60. The molecule has 0 aromatic heterocycles. The van der Waals surface area contributed by atoms with E-state index >= 15 is 0 Å². The van der Waals surface area contributed by atoms with Crippen LogP contribution < -0.4 is 5.32 Å². The molecule has 2 aliphatic carbocycles. The second kappa shape index (κ2) is 4.96. The maximum absolute atomic E-state index is 6.23. The third kappa shape index (κ3) is 2.58. The van der Waals surface area contributed by atoms with Gasteiger partial charge in [0.05, 0.1) is 10.7 Å². The number of anilines is 1. The average molecular weight is 362 g/mol. The van der Waals surface area contributed by atoms with Crippen molar-refractivity contribution in [2.45, 2.75) is 25.7 Å². The summed E-state index contributed by atoms with van der Waals surface area (Å²) < 4.78 is 1.19. The molecule has 3 heteroatoms. The van der Waals surface area contributed by atoms with Crippen molar-refractivity contribution in [3.05, 3.63) is 26.8 Å². The number of rotatable bonds is 3. The van der Waals surface area contributed by atoms with Crippen LogP contribution in [0.1, 0.15) is 25.7 Å². The van der Waals surface area contributed by atoms with Crippen molar-refractivity contribution < 1.29 is 0 Å². The predicted octanol–water partition coefficient (Wildman–Crippen LogP) is 4.79. The molecule has 2 fully saturated rings. The molecular weight excluding hydrogens is 345 g/mol. The topological polar surface area (TPSA) is 12.0 Å². The molecule has 3 atom stereocenters. The SMILES string of the molecule is Clc1cc(I)ccc1NCC1CC2CCC1C2. The molecule has 0 heterocycles. The summed E-state index contributed by atoms with van der Waals surface area (Å²) in [4.78, 5) is 0. The van der Waals surface area contributed by atoms with Crippen LogP contribution in [-0.2, 0) is 0 Å². The zero-order valence-corrected chi connectivity index (χ0v) is 12.7. The molecule has 92 valence electrons. The fourth-order valence-electron chi connectivity index (χ4n) is 3.50. The molecule has 3 unspecified atom stereocenters. The lowest BCUT2D eigenvalue weighted by atomic mass is 9.89. The highest BCUT2D eigenvalue weighted by molar-refractivity contribution is 14.1. The molecule has 1 aromatic carbocycles. The summed E-state index contributed by atoms with van der Waals surface area (Å²) in [5.41, 5.74) is 1.09. The van der Waals surface area contributed by atoms with Crippen LogP contribution >= 0.6 is 34.2 Å². The normalized spacial score (nSPS) is 30.8. The van der Waals surface area contributed by atoms with Crippen molar-refractivity contribution >= 4 is 39.9 Å². The largest absolute Gasteiger partial charge is 0.384 e. The first-order valence-electron chi connectivity index (χ1n) is 6.41. The van der Waals surface area contributed by atoms with E-state index in [0.717, 1.165) is 35.0 Å². The van der Waals surface area contributed by atoms with Crippen molar-refractivity contribution in [2.24, 2.45) is 17.8 Å².